The Hall–Kier alpha value is -3.95. The number of methoxy groups -OCH3 is 1. The molecule has 134 valence electrons. The molecule has 0 bridgehead atoms. The molecule has 4 aromatic rings. The highest BCUT2D eigenvalue weighted by Gasteiger charge is 2.35. The summed E-state index contributed by atoms with van der Waals surface area (Å²) < 4.78 is 12.5. The van der Waals surface area contributed by atoms with Crippen LogP contribution < -0.4 is 15.6 Å². The van der Waals surface area contributed by atoms with E-state index in [1.807, 2.05) is 30.3 Å². The number of hydrogen-bond acceptors (Lipinski definition) is 8. The first-order valence-corrected chi connectivity index (χ1v) is 8.11. The number of H-pyrrole nitrogens is 1. The number of aromatic nitrogens is 6. The third kappa shape index (κ3) is 2.30. The molecule has 3 aromatic heterocycles. The second-order valence-electron chi connectivity index (χ2n) is 5.91. The van der Waals surface area contributed by atoms with E-state index in [1.165, 1.54) is 0 Å². The lowest BCUT2D eigenvalue weighted by Gasteiger charge is -2.26. The molecule has 5 rings (SSSR count). The number of tetrazole rings is 1. The van der Waals surface area contributed by atoms with Gasteiger partial charge in [0, 0.05) is 11.1 Å². The number of benzene rings is 1. The van der Waals surface area contributed by atoms with Gasteiger partial charge in [0.05, 0.1) is 19.1 Å². The summed E-state index contributed by atoms with van der Waals surface area (Å²) in [6.07, 6.45) is 1.56. The molecule has 1 aromatic carbocycles. The number of ether oxygens (including phenoxy) is 1. The minimum Gasteiger partial charge on any atom is -0.497 e. The molecule has 0 radical (unpaired) electrons. The van der Waals surface area contributed by atoms with E-state index in [2.05, 4.69) is 31.0 Å². The van der Waals surface area contributed by atoms with Crippen LogP contribution in [0.5, 0.6) is 5.75 Å². The Kier molecular flexibility index (Phi) is 3.29. The maximum Gasteiger partial charge on any atom is 0.288 e. The van der Waals surface area contributed by atoms with Crippen molar-refractivity contribution in [2.45, 2.75) is 6.04 Å². The fraction of sp³-hybridized carbons (Fsp3) is 0.118. The molecule has 2 N–H and O–H groups in total. The summed E-state index contributed by atoms with van der Waals surface area (Å²) in [6, 6.07) is 10.5. The van der Waals surface area contributed by atoms with Crippen molar-refractivity contribution in [3.63, 3.8) is 0 Å². The Bertz CT molecular complexity index is 1180. The number of aromatic amines is 1. The van der Waals surface area contributed by atoms with Gasteiger partial charge in [-0.1, -0.05) is 17.2 Å². The molecule has 10 nitrogen and oxygen atoms in total. The molecule has 0 amide bonds. The Morgan fingerprint density at radius 2 is 2.19 bits per heavy atom. The van der Waals surface area contributed by atoms with E-state index in [9.17, 15) is 4.79 Å². The number of nitrogens with zero attached hydrogens (tertiary/aromatic N) is 5. The molecule has 0 spiro atoms. The maximum atomic E-state index is 12.5. The van der Waals surface area contributed by atoms with Gasteiger partial charge in [-0.05, 0) is 34.7 Å². The lowest BCUT2D eigenvalue weighted by atomic mass is 9.96. The van der Waals surface area contributed by atoms with Gasteiger partial charge in [0.2, 0.25) is 5.95 Å². The number of rotatable bonds is 3. The summed E-state index contributed by atoms with van der Waals surface area (Å²) >= 11 is 0. The SMILES string of the molecule is COc1cccc(-c2n[nH]c(=O)c3c2C(c2ccco2)n2nnnc2N3)c1. The zero-order valence-electron chi connectivity index (χ0n) is 14.1. The lowest BCUT2D eigenvalue weighted by molar-refractivity contribution is 0.415. The fourth-order valence-electron chi connectivity index (χ4n) is 3.24. The third-order valence-corrected chi connectivity index (χ3v) is 4.42. The first-order chi connectivity index (χ1) is 13.3. The van der Waals surface area contributed by atoms with Crippen LogP contribution in [0.2, 0.25) is 0 Å². The van der Waals surface area contributed by atoms with E-state index < -0.39 is 6.04 Å². The van der Waals surface area contributed by atoms with Gasteiger partial charge in [-0.15, -0.1) is 0 Å². The van der Waals surface area contributed by atoms with E-state index in [4.69, 9.17) is 9.15 Å². The highest BCUT2D eigenvalue weighted by molar-refractivity contribution is 5.75. The number of fused-ring (bicyclic) bond motifs is 2. The summed E-state index contributed by atoms with van der Waals surface area (Å²) in [4.78, 5) is 12.5. The van der Waals surface area contributed by atoms with Gasteiger partial charge in [0.1, 0.15) is 23.2 Å². The van der Waals surface area contributed by atoms with Gasteiger partial charge < -0.3 is 14.5 Å². The minimum absolute atomic E-state index is 0.325. The second-order valence-corrected chi connectivity index (χ2v) is 5.91. The predicted molar refractivity (Wildman–Crippen MR) is 93.9 cm³/mol. The van der Waals surface area contributed by atoms with Crippen molar-refractivity contribution < 1.29 is 9.15 Å². The van der Waals surface area contributed by atoms with Crippen molar-refractivity contribution in [2.24, 2.45) is 0 Å². The summed E-state index contributed by atoms with van der Waals surface area (Å²) in [6.45, 7) is 0. The third-order valence-electron chi connectivity index (χ3n) is 4.42. The van der Waals surface area contributed by atoms with Crippen molar-refractivity contribution in [1.82, 2.24) is 30.4 Å². The smallest absolute Gasteiger partial charge is 0.288 e. The zero-order chi connectivity index (χ0) is 18.4. The number of hydrogen-bond donors (Lipinski definition) is 2. The molecule has 0 saturated heterocycles. The quantitative estimate of drug-likeness (QED) is 0.496. The summed E-state index contributed by atoms with van der Waals surface area (Å²) in [5.41, 5.74) is 1.91. The standard InChI is InChI=1S/C17H13N7O3/c1-26-10-5-2-4-9(8-10)13-12-14(16(25)20-19-13)18-17-21-22-23-24(17)15(12)11-6-3-7-27-11/h2-8,15H,1H3,(H,20,25)(H,18,21,23). The van der Waals surface area contributed by atoms with Gasteiger partial charge in [-0.2, -0.15) is 9.78 Å². The first-order valence-electron chi connectivity index (χ1n) is 8.11. The average molecular weight is 363 g/mol. The van der Waals surface area contributed by atoms with Crippen molar-refractivity contribution in [1.29, 1.82) is 0 Å². The van der Waals surface area contributed by atoms with Crippen LogP contribution in [-0.4, -0.2) is 37.5 Å². The molecular weight excluding hydrogens is 350 g/mol. The molecule has 0 fully saturated rings. The second kappa shape index (κ2) is 5.80. The normalized spacial score (nSPS) is 14.9. The molecule has 1 aliphatic heterocycles. The molecule has 1 atom stereocenters. The van der Waals surface area contributed by atoms with Crippen LogP contribution in [0, 0.1) is 0 Å². The molecule has 1 unspecified atom stereocenters. The van der Waals surface area contributed by atoms with Crippen molar-refractivity contribution >= 4 is 11.6 Å². The number of nitrogens with one attached hydrogen (secondary N) is 2. The molecule has 4 heterocycles. The van der Waals surface area contributed by atoms with Crippen LogP contribution in [-0.2, 0) is 0 Å². The average Bonchev–Trinajstić information content (AvgIpc) is 3.39. The maximum absolute atomic E-state index is 12.5. The van der Waals surface area contributed by atoms with Crippen LogP contribution >= 0.6 is 0 Å². The molecular formula is C17H13N7O3. The topological polar surface area (TPSA) is 124 Å². The van der Waals surface area contributed by atoms with Gasteiger partial charge in [0.25, 0.3) is 5.56 Å². The fourth-order valence-corrected chi connectivity index (χ4v) is 3.24. The Morgan fingerprint density at radius 1 is 1.26 bits per heavy atom. The number of furan rings is 1. The Balaban J connectivity index is 1.81. The largest absolute Gasteiger partial charge is 0.497 e. The van der Waals surface area contributed by atoms with Crippen LogP contribution in [0.15, 0.2) is 51.9 Å². The minimum atomic E-state index is -0.544. The highest BCUT2D eigenvalue weighted by atomic mass is 16.5. The first kappa shape index (κ1) is 15.3. The van der Waals surface area contributed by atoms with Crippen LogP contribution in [0.3, 0.4) is 0 Å². The van der Waals surface area contributed by atoms with Crippen molar-refractivity contribution in [2.75, 3.05) is 12.4 Å². The molecule has 0 aliphatic carbocycles. The van der Waals surface area contributed by atoms with Crippen LogP contribution in [0.1, 0.15) is 17.4 Å². The van der Waals surface area contributed by atoms with Crippen molar-refractivity contribution in [3.8, 4) is 17.0 Å². The van der Waals surface area contributed by atoms with Gasteiger partial charge >= 0.3 is 0 Å². The van der Waals surface area contributed by atoms with E-state index >= 15 is 0 Å². The highest BCUT2D eigenvalue weighted by Crippen LogP contribution is 2.41. The van der Waals surface area contributed by atoms with Gasteiger partial charge in [0.15, 0.2) is 0 Å². The monoisotopic (exact) mass is 363 g/mol. The van der Waals surface area contributed by atoms with E-state index in [-0.39, 0.29) is 5.56 Å². The molecule has 1 aliphatic rings. The van der Waals surface area contributed by atoms with E-state index in [0.717, 1.165) is 5.56 Å². The molecule has 10 heteroatoms. The zero-order valence-corrected chi connectivity index (χ0v) is 14.1. The molecule has 0 saturated carbocycles. The Labute approximate surface area is 151 Å². The van der Waals surface area contributed by atoms with Gasteiger partial charge in [-0.3, -0.25) is 4.79 Å². The predicted octanol–water partition coefficient (Wildman–Crippen LogP) is 1.72. The Morgan fingerprint density at radius 3 is 3.00 bits per heavy atom. The number of anilines is 2. The summed E-state index contributed by atoms with van der Waals surface area (Å²) in [5.74, 6) is 1.61. The van der Waals surface area contributed by atoms with Gasteiger partial charge in [-0.25, -0.2) is 5.10 Å². The van der Waals surface area contributed by atoms with Crippen LogP contribution in [0.25, 0.3) is 11.3 Å². The molecule has 27 heavy (non-hydrogen) atoms. The lowest BCUT2D eigenvalue weighted by Crippen LogP contribution is -2.28. The summed E-state index contributed by atoms with van der Waals surface area (Å²) in [5, 5.41) is 21.5. The van der Waals surface area contributed by atoms with Crippen molar-refractivity contribution in [3.05, 3.63) is 64.3 Å². The van der Waals surface area contributed by atoms with E-state index in [1.54, 1.807) is 24.1 Å². The summed E-state index contributed by atoms with van der Waals surface area (Å²) in [7, 11) is 1.59. The van der Waals surface area contributed by atoms with Crippen LogP contribution in [0.4, 0.5) is 11.6 Å². The van der Waals surface area contributed by atoms with E-state index in [0.29, 0.717) is 34.4 Å².